The van der Waals surface area contributed by atoms with Gasteiger partial charge in [-0.25, -0.2) is 4.79 Å². The molecule has 0 radical (unpaired) electrons. The molecule has 3 rings (SSSR count). The van der Waals surface area contributed by atoms with Crippen LogP contribution in [0.2, 0.25) is 0 Å². The van der Waals surface area contributed by atoms with Crippen molar-refractivity contribution in [2.45, 2.75) is 57.6 Å². The fourth-order valence-electron chi connectivity index (χ4n) is 3.89. The van der Waals surface area contributed by atoms with Crippen molar-refractivity contribution in [1.82, 2.24) is 15.5 Å². The lowest BCUT2D eigenvalue weighted by atomic mass is 9.84. The smallest absolute Gasteiger partial charge is 0.410 e. The minimum atomic E-state index is -0.599. The molecule has 2 N–H and O–H groups in total. The van der Waals surface area contributed by atoms with Gasteiger partial charge in [0.25, 0.3) is 0 Å². The molecular formula is C22H33N3O4. The van der Waals surface area contributed by atoms with Gasteiger partial charge in [0, 0.05) is 19.6 Å². The Kier molecular flexibility index (Phi) is 7.00. The van der Waals surface area contributed by atoms with E-state index in [0.717, 1.165) is 37.2 Å². The van der Waals surface area contributed by atoms with Crippen LogP contribution in [0, 0.1) is 0 Å². The summed E-state index contributed by atoms with van der Waals surface area (Å²) in [6, 6.07) is 7.47. The van der Waals surface area contributed by atoms with Crippen LogP contribution in [-0.2, 0) is 9.53 Å². The van der Waals surface area contributed by atoms with Gasteiger partial charge >= 0.3 is 6.09 Å². The number of likely N-dealkylation sites (tertiary alicyclic amines) is 1. The maximum absolute atomic E-state index is 13.0. The Morgan fingerprint density at radius 1 is 1.21 bits per heavy atom. The van der Waals surface area contributed by atoms with Crippen LogP contribution in [0.4, 0.5) is 4.79 Å². The highest BCUT2D eigenvalue weighted by molar-refractivity contribution is 5.86. The largest absolute Gasteiger partial charge is 0.492 e. The molecule has 0 spiro atoms. The van der Waals surface area contributed by atoms with E-state index in [4.69, 9.17) is 9.47 Å². The van der Waals surface area contributed by atoms with Crippen molar-refractivity contribution in [2.24, 2.45) is 0 Å². The fraction of sp³-hybridized carbons (Fsp3) is 0.636. The van der Waals surface area contributed by atoms with Gasteiger partial charge < -0.3 is 20.1 Å². The van der Waals surface area contributed by atoms with Crippen LogP contribution >= 0.6 is 0 Å². The summed E-state index contributed by atoms with van der Waals surface area (Å²) in [5, 5.41) is 6.33. The number of fused-ring (bicyclic) bond motifs is 4. The first-order valence-corrected chi connectivity index (χ1v) is 10.5. The van der Waals surface area contributed by atoms with Gasteiger partial charge in [-0.15, -0.1) is 0 Å². The molecule has 1 aromatic carbocycles. The summed E-state index contributed by atoms with van der Waals surface area (Å²) in [5.74, 6) is 0.897. The standard InChI is InChI=1S/C22H33N3O4/c1-22(2,3)29-21(27)25-13-9-16-15-18(25)20(26)24-11-6-10-23-12-14-28-19-8-5-4-7-17(16)19/h4-5,7-8,16,18,23H,6,9-15H2,1-3H3,(H,24,26)/t16-,18+/m0/s1. The topological polar surface area (TPSA) is 79.9 Å². The summed E-state index contributed by atoms with van der Waals surface area (Å²) < 4.78 is 11.6. The summed E-state index contributed by atoms with van der Waals surface area (Å²) >= 11 is 0. The number of hydrogen-bond donors (Lipinski definition) is 2. The van der Waals surface area contributed by atoms with Crippen LogP contribution in [0.3, 0.4) is 0 Å². The number of rotatable bonds is 0. The summed E-state index contributed by atoms with van der Waals surface area (Å²) in [6.45, 7) is 8.74. The number of hydrogen-bond acceptors (Lipinski definition) is 5. The second-order valence-electron chi connectivity index (χ2n) is 8.69. The molecule has 2 atom stereocenters. The van der Waals surface area contributed by atoms with Gasteiger partial charge in [0.2, 0.25) is 5.91 Å². The lowest BCUT2D eigenvalue weighted by molar-refractivity contribution is -0.127. The molecule has 1 fully saturated rings. The van der Waals surface area contributed by atoms with Gasteiger partial charge in [-0.05, 0) is 64.1 Å². The normalized spacial score (nSPS) is 23.8. The predicted molar refractivity (Wildman–Crippen MR) is 111 cm³/mol. The second-order valence-corrected chi connectivity index (χ2v) is 8.69. The van der Waals surface area contributed by atoms with Gasteiger partial charge in [-0.2, -0.15) is 0 Å². The first-order chi connectivity index (χ1) is 13.8. The highest BCUT2D eigenvalue weighted by atomic mass is 16.6. The number of carbonyl (C=O) groups excluding carboxylic acids is 2. The van der Waals surface area contributed by atoms with Crippen LogP contribution in [0.15, 0.2) is 24.3 Å². The van der Waals surface area contributed by atoms with Crippen LogP contribution in [0.5, 0.6) is 5.75 Å². The average molecular weight is 404 g/mol. The molecule has 2 aliphatic rings. The number of piperidine rings is 1. The van der Waals surface area contributed by atoms with Crippen molar-refractivity contribution < 1.29 is 19.1 Å². The summed E-state index contributed by atoms with van der Waals surface area (Å²) in [7, 11) is 0. The molecule has 0 aliphatic carbocycles. The number of amides is 2. The zero-order valence-electron chi connectivity index (χ0n) is 17.7. The van der Waals surface area contributed by atoms with Crippen molar-refractivity contribution in [2.75, 3.05) is 32.8 Å². The van der Waals surface area contributed by atoms with Crippen molar-refractivity contribution in [3.8, 4) is 5.75 Å². The molecule has 2 bridgehead atoms. The first-order valence-electron chi connectivity index (χ1n) is 10.5. The fourth-order valence-corrected chi connectivity index (χ4v) is 3.89. The Balaban J connectivity index is 1.85. The minimum absolute atomic E-state index is 0.115. The molecule has 2 aliphatic heterocycles. The zero-order valence-corrected chi connectivity index (χ0v) is 17.7. The van der Waals surface area contributed by atoms with E-state index in [1.165, 1.54) is 0 Å². The van der Waals surface area contributed by atoms with E-state index in [9.17, 15) is 9.59 Å². The summed E-state index contributed by atoms with van der Waals surface area (Å²) in [4.78, 5) is 27.3. The SMILES string of the molecule is CC(C)(C)OC(=O)N1CC[C@H]2C[C@@H]1C(=O)NCCCNCCOc1ccccc12. The Labute approximate surface area is 173 Å². The summed E-state index contributed by atoms with van der Waals surface area (Å²) in [5.41, 5.74) is 0.504. The van der Waals surface area contributed by atoms with E-state index in [0.29, 0.717) is 26.1 Å². The number of nitrogens with one attached hydrogen (secondary N) is 2. The lowest BCUT2D eigenvalue weighted by Gasteiger charge is -2.39. The van der Waals surface area contributed by atoms with E-state index in [1.54, 1.807) is 4.90 Å². The third kappa shape index (κ3) is 5.85. The molecule has 2 amide bonds. The zero-order chi connectivity index (χ0) is 20.9. The number of ether oxygens (including phenoxy) is 2. The second kappa shape index (κ2) is 9.48. The third-order valence-electron chi connectivity index (χ3n) is 5.26. The number of carbonyl (C=O) groups is 2. The van der Waals surface area contributed by atoms with Gasteiger partial charge in [0.05, 0.1) is 0 Å². The van der Waals surface area contributed by atoms with Crippen molar-refractivity contribution >= 4 is 12.0 Å². The maximum Gasteiger partial charge on any atom is 0.410 e. The van der Waals surface area contributed by atoms with Gasteiger partial charge in [-0.1, -0.05) is 18.2 Å². The Morgan fingerprint density at radius 2 is 2.00 bits per heavy atom. The number of para-hydroxylation sites is 1. The molecule has 160 valence electrons. The molecule has 0 aromatic heterocycles. The highest BCUT2D eigenvalue weighted by Gasteiger charge is 2.39. The summed E-state index contributed by atoms with van der Waals surface area (Å²) in [6.07, 6.45) is 1.72. The van der Waals surface area contributed by atoms with Gasteiger partial charge in [-0.3, -0.25) is 9.69 Å². The van der Waals surface area contributed by atoms with E-state index < -0.39 is 17.7 Å². The van der Waals surface area contributed by atoms with Crippen LogP contribution in [0.1, 0.15) is 51.5 Å². The lowest BCUT2D eigenvalue weighted by Crippen LogP contribution is -2.54. The van der Waals surface area contributed by atoms with E-state index >= 15 is 0 Å². The predicted octanol–water partition coefficient (Wildman–Crippen LogP) is 2.66. The molecule has 7 nitrogen and oxygen atoms in total. The van der Waals surface area contributed by atoms with Crippen LogP contribution in [0.25, 0.3) is 0 Å². The van der Waals surface area contributed by atoms with Crippen molar-refractivity contribution in [3.05, 3.63) is 29.8 Å². The van der Waals surface area contributed by atoms with E-state index in [-0.39, 0.29) is 11.8 Å². The molecular weight excluding hydrogens is 370 g/mol. The average Bonchev–Trinajstić information content (AvgIpc) is 2.68. The Morgan fingerprint density at radius 3 is 2.79 bits per heavy atom. The number of benzene rings is 1. The van der Waals surface area contributed by atoms with Gasteiger partial charge in [0.15, 0.2) is 0 Å². The van der Waals surface area contributed by atoms with Crippen molar-refractivity contribution in [1.29, 1.82) is 0 Å². The maximum atomic E-state index is 13.0. The van der Waals surface area contributed by atoms with E-state index in [1.807, 2.05) is 39.0 Å². The number of nitrogens with zero attached hydrogens (tertiary/aromatic N) is 1. The molecule has 0 saturated carbocycles. The molecule has 1 saturated heterocycles. The Hall–Kier alpha value is -2.28. The molecule has 29 heavy (non-hydrogen) atoms. The van der Waals surface area contributed by atoms with Crippen molar-refractivity contribution in [3.63, 3.8) is 0 Å². The molecule has 7 heteroatoms. The monoisotopic (exact) mass is 403 g/mol. The third-order valence-corrected chi connectivity index (χ3v) is 5.26. The van der Waals surface area contributed by atoms with Crippen LogP contribution in [-0.4, -0.2) is 61.3 Å². The molecule has 0 unspecified atom stereocenters. The minimum Gasteiger partial charge on any atom is -0.492 e. The molecule has 1 aromatic rings. The van der Waals surface area contributed by atoms with E-state index in [2.05, 4.69) is 16.7 Å². The quantitative estimate of drug-likeness (QED) is 0.696. The highest BCUT2D eigenvalue weighted by Crippen LogP contribution is 2.37. The first kappa shape index (κ1) is 21.4. The van der Waals surface area contributed by atoms with Gasteiger partial charge in [0.1, 0.15) is 24.0 Å². The molecule has 2 heterocycles. The van der Waals surface area contributed by atoms with Crippen LogP contribution < -0.4 is 15.4 Å². The Bertz CT molecular complexity index is 716.